The van der Waals surface area contributed by atoms with E-state index in [1.807, 2.05) is 23.6 Å². The van der Waals surface area contributed by atoms with E-state index in [-0.39, 0.29) is 35.5 Å². The molecule has 2 aliphatic heterocycles. The summed E-state index contributed by atoms with van der Waals surface area (Å²) in [5, 5.41) is 8.72. The van der Waals surface area contributed by atoms with Gasteiger partial charge in [0.25, 0.3) is 0 Å². The number of benzene rings is 1. The molecule has 10 heteroatoms. The number of nitrogens with zero attached hydrogens (tertiary/aromatic N) is 4. The molecule has 4 atom stereocenters. The molecule has 8 nitrogen and oxygen atoms in total. The Morgan fingerprint density at radius 2 is 1.82 bits per heavy atom. The molecule has 2 aromatic heterocycles. The average molecular weight is 562 g/mol. The van der Waals surface area contributed by atoms with Gasteiger partial charge in [-0.05, 0) is 86.7 Å². The van der Waals surface area contributed by atoms with Crippen LogP contribution in [0.4, 0.5) is 27.5 Å². The number of allylic oxidation sites excluding steroid dienone is 1. The maximum Gasteiger partial charge on any atom is 0.229 e. The van der Waals surface area contributed by atoms with E-state index in [0.29, 0.717) is 29.2 Å². The molecule has 2 saturated heterocycles. The van der Waals surface area contributed by atoms with E-state index < -0.39 is 0 Å². The largest absolute Gasteiger partial charge is 0.369 e. The topological polar surface area (TPSA) is 99.4 Å². The highest BCUT2D eigenvalue weighted by molar-refractivity contribution is 7.17. The Labute approximate surface area is 237 Å². The first-order valence-electron chi connectivity index (χ1n) is 14.6. The number of carbonyl (C=O) groups is 1. The first-order valence-corrected chi connectivity index (χ1v) is 15.5. The van der Waals surface area contributed by atoms with Crippen LogP contribution in [-0.4, -0.2) is 59.0 Å². The lowest BCUT2D eigenvalue weighted by molar-refractivity contribution is -0.122. The Hall–Kier alpha value is -3.24. The van der Waals surface area contributed by atoms with Crippen LogP contribution in [0, 0.1) is 23.6 Å². The zero-order valence-corrected chi connectivity index (χ0v) is 23.4. The molecular weight excluding hydrogens is 525 g/mol. The maximum atomic E-state index is 15.4. The lowest BCUT2D eigenvalue weighted by Gasteiger charge is -2.41. The fourth-order valence-corrected chi connectivity index (χ4v) is 8.09. The zero-order chi connectivity index (χ0) is 27.2. The number of piperidine rings is 2. The second-order valence-electron chi connectivity index (χ2n) is 11.7. The van der Waals surface area contributed by atoms with Gasteiger partial charge in [0.1, 0.15) is 11.6 Å². The molecule has 0 radical (unpaired) electrons. The highest BCUT2D eigenvalue weighted by Gasteiger charge is 2.47. The summed E-state index contributed by atoms with van der Waals surface area (Å²) in [6.07, 6.45) is 11.3. The van der Waals surface area contributed by atoms with Crippen LogP contribution in [0.1, 0.15) is 38.5 Å². The Kier molecular flexibility index (Phi) is 6.83. The van der Waals surface area contributed by atoms with Crippen LogP contribution < -0.4 is 21.3 Å². The van der Waals surface area contributed by atoms with Crippen molar-refractivity contribution >= 4 is 50.6 Å². The summed E-state index contributed by atoms with van der Waals surface area (Å²) in [6, 6.07) is 7.76. The van der Waals surface area contributed by atoms with Crippen LogP contribution in [0.15, 0.2) is 41.8 Å². The highest BCUT2D eigenvalue weighted by atomic mass is 32.1. The van der Waals surface area contributed by atoms with E-state index >= 15 is 4.39 Å². The lowest BCUT2D eigenvalue weighted by Crippen LogP contribution is -2.46. The first kappa shape index (κ1) is 25.7. The lowest BCUT2D eigenvalue weighted by atomic mass is 9.88. The summed E-state index contributed by atoms with van der Waals surface area (Å²) in [5.41, 5.74) is 7.83. The van der Waals surface area contributed by atoms with E-state index in [1.54, 1.807) is 11.3 Å². The van der Waals surface area contributed by atoms with Gasteiger partial charge < -0.3 is 26.2 Å². The predicted octanol–water partition coefficient (Wildman–Crippen LogP) is 5.12. The van der Waals surface area contributed by atoms with Crippen molar-refractivity contribution in [1.82, 2.24) is 14.9 Å². The van der Waals surface area contributed by atoms with Crippen molar-refractivity contribution in [2.45, 2.75) is 50.6 Å². The van der Waals surface area contributed by atoms with E-state index in [0.717, 1.165) is 42.6 Å². The minimum absolute atomic E-state index is 0.101. The number of likely N-dealkylation sites (tertiary alicyclic amines) is 1. The molecular formula is C30H36FN7OS. The number of hydrogen-bond donors (Lipinski definition) is 3. The number of carbonyl (C=O) groups excluding carboxylic acids is 1. The quantitative estimate of drug-likeness (QED) is 0.345. The molecule has 2 bridgehead atoms. The van der Waals surface area contributed by atoms with Gasteiger partial charge >= 0.3 is 0 Å². The third-order valence-electron chi connectivity index (χ3n) is 9.31. The summed E-state index contributed by atoms with van der Waals surface area (Å²) in [5.74, 6) is 0.698. The molecule has 0 spiro atoms. The van der Waals surface area contributed by atoms with Crippen LogP contribution in [0.5, 0.6) is 0 Å². The number of fused-ring (bicyclic) bond motifs is 3. The van der Waals surface area contributed by atoms with Gasteiger partial charge in [-0.2, -0.15) is 4.98 Å². The standard InChI is InChI=1S/C30H36FN7OS/c31-22-17-20(6-7-24(22)38-13-8-21(9-14-38)37-11-2-1-3-12-37)33-30-34-23-10-15-40-27(23)29(36-30)35-26-19-5-4-18(16-19)25(26)28(32)39/h4-7,10,15,17-19,21,25-26H,1-3,8-9,11-14,16H2,(H2,32,39)(H2,33,34,35,36)/t18-,19?,25?,26?/m0/s1. The number of amides is 1. The van der Waals surface area contributed by atoms with Gasteiger partial charge in [-0.3, -0.25) is 4.79 Å². The van der Waals surface area contributed by atoms with E-state index in [4.69, 9.17) is 10.7 Å². The van der Waals surface area contributed by atoms with Crippen molar-refractivity contribution < 1.29 is 9.18 Å². The van der Waals surface area contributed by atoms with Gasteiger partial charge in [0.05, 0.1) is 21.8 Å². The Bertz CT molecular complexity index is 1430. The minimum Gasteiger partial charge on any atom is -0.369 e. The number of aromatic nitrogens is 2. The molecule has 1 aromatic carbocycles. The van der Waals surface area contributed by atoms with Crippen molar-refractivity contribution in [2.24, 2.45) is 23.5 Å². The molecule has 1 amide bonds. The average Bonchev–Trinajstić information content (AvgIpc) is 3.71. The number of primary amides is 1. The van der Waals surface area contributed by atoms with Crippen molar-refractivity contribution in [3.05, 3.63) is 47.6 Å². The van der Waals surface area contributed by atoms with Crippen molar-refractivity contribution in [3.8, 4) is 0 Å². The summed E-state index contributed by atoms with van der Waals surface area (Å²) >= 11 is 1.55. The second kappa shape index (κ2) is 10.6. The molecule has 4 heterocycles. The zero-order valence-electron chi connectivity index (χ0n) is 22.6. The molecule has 1 saturated carbocycles. The van der Waals surface area contributed by atoms with Gasteiger partial charge in [-0.15, -0.1) is 11.3 Å². The molecule has 3 aromatic rings. The van der Waals surface area contributed by atoms with Crippen molar-refractivity contribution in [1.29, 1.82) is 0 Å². The maximum absolute atomic E-state index is 15.4. The Morgan fingerprint density at radius 3 is 2.60 bits per heavy atom. The van der Waals surface area contributed by atoms with Crippen LogP contribution in [0.2, 0.25) is 0 Å². The minimum atomic E-state index is -0.282. The van der Waals surface area contributed by atoms with Crippen molar-refractivity contribution in [3.63, 3.8) is 0 Å². The number of anilines is 4. The first-order chi connectivity index (χ1) is 19.5. The number of nitrogens with one attached hydrogen (secondary N) is 2. The van der Waals surface area contributed by atoms with Crippen LogP contribution in [0.3, 0.4) is 0 Å². The number of hydrogen-bond acceptors (Lipinski definition) is 8. The number of rotatable bonds is 7. The van der Waals surface area contributed by atoms with Gasteiger partial charge in [0, 0.05) is 30.9 Å². The molecule has 4 aliphatic rings. The fourth-order valence-electron chi connectivity index (χ4n) is 7.31. The normalized spacial score (nSPS) is 27.0. The number of thiophene rings is 1. The summed E-state index contributed by atoms with van der Waals surface area (Å²) in [4.78, 5) is 26.5. The number of halogens is 1. The van der Waals surface area contributed by atoms with Gasteiger partial charge in [-0.25, -0.2) is 9.37 Å². The summed E-state index contributed by atoms with van der Waals surface area (Å²) < 4.78 is 16.3. The third-order valence-corrected chi connectivity index (χ3v) is 10.2. The molecule has 3 unspecified atom stereocenters. The smallest absolute Gasteiger partial charge is 0.229 e. The van der Waals surface area contributed by atoms with Gasteiger partial charge in [-0.1, -0.05) is 18.6 Å². The van der Waals surface area contributed by atoms with Gasteiger partial charge in [0.15, 0.2) is 0 Å². The van der Waals surface area contributed by atoms with Crippen LogP contribution in [-0.2, 0) is 4.79 Å². The molecule has 210 valence electrons. The van der Waals surface area contributed by atoms with Crippen LogP contribution >= 0.6 is 11.3 Å². The highest BCUT2D eigenvalue weighted by Crippen LogP contribution is 2.45. The van der Waals surface area contributed by atoms with Crippen molar-refractivity contribution in [2.75, 3.05) is 41.7 Å². The second-order valence-corrected chi connectivity index (χ2v) is 12.6. The van der Waals surface area contributed by atoms with Gasteiger partial charge in [0.2, 0.25) is 11.9 Å². The molecule has 7 rings (SSSR count). The Balaban J connectivity index is 1.06. The monoisotopic (exact) mass is 561 g/mol. The molecule has 4 N–H and O–H groups in total. The SMILES string of the molecule is NC(=O)C1C(Nc2nc(Nc3ccc(N4CCC(N5CCCCC5)CC4)c(F)c3)nc3ccsc23)C2C=C[C@H]1C2. The summed E-state index contributed by atoms with van der Waals surface area (Å²) in [6.45, 7) is 4.17. The van der Waals surface area contributed by atoms with E-state index in [2.05, 4.69) is 37.6 Å². The van der Waals surface area contributed by atoms with Crippen LogP contribution in [0.25, 0.3) is 10.2 Å². The fraction of sp³-hybridized carbons (Fsp3) is 0.500. The molecule has 40 heavy (non-hydrogen) atoms. The number of nitrogens with two attached hydrogens (primary N) is 1. The molecule has 2 aliphatic carbocycles. The predicted molar refractivity (Wildman–Crippen MR) is 159 cm³/mol. The Morgan fingerprint density at radius 1 is 1.02 bits per heavy atom. The van der Waals surface area contributed by atoms with E-state index in [9.17, 15) is 4.79 Å². The third kappa shape index (κ3) is 4.81. The van der Waals surface area contributed by atoms with E-state index in [1.165, 1.54) is 38.4 Å². The summed E-state index contributed by atoms with van der Waals surface area (Å²) in [7, 11) is 0. The molecule has 3 fully saturated rings.